The molecule has 1 saturated heterocycles. The number of hydrogen-bond acceptors (Lipinski definition) is 3. The lowest BCUT2D eigenvalue weighted by molar-refractivity contribution is 0.188. The van der Waals surface area contributed by atoms with Crippen LogP contribution in [0.25, 0.3) is 0 Å². The molecule has 0 bridgehead atoms. The fourth-order valence-corrected chi connectivity index (χ4v) is 3.58. The highest BCUT2D eigenvalue weighted by Crippen LogP contribution is 2.32. The van der Waals surface area contributed by atoms with Gasteiger partial charge in [0.2, 0.25) is 0 Å². The Kier molecular flexibility index (Phi) is 3.97. The Balaban J connectivity index is 1.87. The van der Waals surface area contributed by atoms with Crippen molar-refractivity contribution < 1.29 is 4.79 Å². The number of urea groups is 1. The van der Waals surface area contributed by atoms with Gasteiger partial charge in [-0.15, -0.1) is 0 Å². The summed E-state index contributed by atoms with van der Waals surface area (Å²) in [5, 5.41) is 3.14. The summed E-state index contributed by atoms with van der Waals surface area (Å²) in [6.07, 6.45) is 6.62. The summed E-state index contributed by atoms with van der Waals surface area (Å²) in [5.74, 6) is 0.717. The van der Waals surface area contributed by atoms with E-state index in [0.717, 1.165) is 6.54 Å². The van der Waals surface area contributed by atoms with Gasteiger partial charge < -0.3 is 4.90 Å². The summed E-state index contributed by atoms with van der Waals surface area (Å²) in [6.45, 7) is 0.923. The lowest BCUT2D eigenvalue weighted by atomic mass is 9.89. The second-order valence-electron chi connectivity index (χ2n) is 4.71. The number of carbonyl (C=O) groups excluding carboxylic acids is 1. The molecule has 2 fully saturated rings. The molecule has 1 atom stereocenters. The van der Waals surface area contributed by atoms with Crippen molar-refractivity contribution in [2.45, 2.75) is 37.6 Å². The molecule has 0 aromatic heterocycles. The van der Waals surface area contributed by atoms with Crippen LogP contribution >= 0.6 is 11.9 Å². The Hall–Kier alpha value is -0.420. The molecule has 2 aliphatic rings. The van der Waals surface area contributed by atoms with Crippen LogP contribution in [0.15, 0.2) is 0 Å². The maximum absolute atomic E-state index is 11.9. The molecule has 1 aliphatic heterocycles. The Bertz CT molecular complexity index is 256. The maximum Gasteiger partial charge on any atom is 0.331 e. The number of carbonyl (C=O) groups is 1. The summed E-state index contributed by atoms with van der Waals surface area (Å²) in [4.78, 5) is 13.7. The average Bonchev–Trinajstić information content (AvgIpc) is 2.58. The second-order valence-corrected chi connectivity index (χ2v) is 5.80. The van der Waals surface area contributed by atoms with Gasteiger partial charge in [0.05, 0.1) is 0 Å². The molecule has 5 heteroatoms. The van der Waals surface area contributed by atoms with E-state index in [0.29, 0.717) is 5.92 Å². The Labute approximate surface area is 102 Å². The molecule has 2 rings (SSSR count). The minimum absolute atomic E-state index is 0.107. The quantitative estimate of drug-likeness (QED) is 0.771. The van der Waals surface area contributed by atoms with Gasteiger partial charge in [-0.2, -0.15) is 0 Å². The standard InChI is InChI=1S/C11H21N3OS/c1-12-10-13(2)11(15)14(16-10)8-9-6-4-3-5-7-9/h9-10,12H,3-8H2,1-2H3. The summed E-state index contributed by atoms with van der Waals surface area (Å²) in [7, 11) is 3.75. The fourth-order valence-electron chi connectivity index (χ4n) is 2.48. The molecule has 1 heterocycles. The summed E-state index contributed by atoms with van der Waals surface area (Å²) in [6, 6.07) is 0.148. The van der Waals surface area contributed by atoms with Crippen LogP contribution in [0.2, 0.25) is 0 Å². The van der Waals surface area contributed by atoms with Crippen molar-refractivity contribution in [1.29, 1.82) is 0 Å². The SMILES string of the molecule is CNC1SN(CC2CCCCC2)C(=O)N1C. The van der Waals surface area contributed by atoms with E-state index in [1.807, 2.05) is 18.4 Å². The molecular formula is C11H21N3OS. The zero-order valence-corrected chi connectivity index (χ0v) is 10.9. The van der Waals surface area contributed by atoms with Gasteiger partial charge in [0, 0.05) is 13.6 Å². The highest BCUT2D eigenvalue weighted by atomic mass is 32.2. The van der Waals surface area contributed by atoms with E-state index in [-0.39, 0.29) is 11.5 Å². The highest BCUT2D eigenvalue weighted by Gasteiger charge is 2.36. The molecule has 92 valence electrons. The van der Waals surface area contributed by atoms with Crippen LogP contribution in [-0.4, -0.2) is 41.4 Å². The first-order chi connectivity index (χ1) is 7.72. The first kappa shape index (κ1) is 12.0. The van der Waals surface area contributed by atoms with Crippen LogP contribution in [0.5, 0.6) is 0 Å². The van der Waals surface area contributed by atoms with Gasteiger partial charge in [0.25, 0.3) is 0 Å². The number of nitrogens with zero attached hydrogens (tertiary/aromatic N) is 2. The molecular weight excluding hydrogens is 222 g/mol. The van der Waals surface area contributed by atoms with E-state index < -0.39 is 0 Å². The highest BCUT2D eigenvalue weighted by molar-refractivity contribution is 7.98. The van der Waals surface area contributed by atoms with Crippen molar-refractivity contribution in [3.05, 3.63) is 0 Å². The third-order valence-corrected chi connectivity index (χ3v) is 4.80. The average molecular weight is 243 g/mol. The molecule has 0 spiro atoms. The number of hydrogen-bond donors (Lipinski definition) is 1. The van der Waals surface area contributed by atoms with E-state index in [1.165, 1.54) is 32.1 Å². The van der Waals surface area contributed by atoms with Gasteiger partial charge in [-0.1, -0.05) is 19.3 Å². The summed E-state index contributed by atoms with van der Waals surface area (Å²) in [5.41, 5.74) is 0.107. The predicted octanol–water partition coefficient (Wildman–Crippen LogP) is 2.09. The van der Waals surface area contributed by atoms with Crippen LogP contribution in [0.4, 0.5) is 4.79 Å². The molecule has 1 aliphatic carbocycles. The first-order valence-corrected chi connectivity index (χ1v) is 6.94. The summed E-state index contributed by atoms with van der Waals surface area (Å²) < 4.78 is 1.93. The van der Waals surface area contributed by atoms with E-state index in [2.05, 4.69) is 5.32 Å². The van der Waals surface area contributed by atoms with Crippen LogP contribution in [-0.2, 0) is 0 Å². The number of amides is 2. The Morgan fingerprint density at radius 2 is 2.06 bits per heavy atom. The molecule has 0 aromatic rings. The zero-order valence-electron chi connectivity index (χ0n) is 10.1. The van der Waals surface area contributed by atoms with Gasteiger partial charge >= 0.3 is 6.03 Å². The largest absolute Gasteiger partial charge is 0.331 e. The van der Waals surface area contributed by atoms with Crippen molar-refractivity contribution in [2.24, 2.45) is 5.92 Å². The zero-order chi connectivity index (χ0) is 11.5. The molecule has 0 radical (unpaired) electrons. The fraction of sp³-hybridized carbons (Fsp3) is 0.909. The molecule has 0 aromatic carbocycles. The second kappa shape index (κ2) is 5.27. The normalized spacial score (nSPS) is 27.9. The smallest absolute Gasteiger partial charge is 0.301 e. The minimum Gasteiger partial charge on any atom is -0.301 e. The third-order valence-electron chi connectivity index (χ3n) is 3.49. The van der Waals surface area contributed by atoms with E-state index in [9.17, 15) is 4.79 Å². The molecule has 1 N–H and O–H groups in total. The topological polar surface area (TPSA) is 35.6 Å². The van der Waals surface area contributed by atoms with Crippen molar-refractivity contribution >= 4 is 18.0 Å². The van der Waals surface area contributed by atoms with Crippen molar-refractivity contribution in [3.8, 4) is 0 Å². The maximum atomic E-state index is 11.9. The predicted molar refractivity (Wildman–Crippen MR) is 66.9 cm³/mol. The Morgan fingerprint density at radius 3 is 2.62 bits per heavy atom. The summed E-state index contributed by atoms with van der Waals surface area (Å²) >= 11 is 1.62. The lowest BCUT2D eigenvalue weighted by Crippen LogP contribution is -2.38. The van der Waals surface area contributed by atoms with E-state index in [1.54, 1.807) is 16.8 Å². The van der Waals surface area contributed by atoms with Crippen molar-refractivity contribution in [1.82, 2.24) is 14.5 Å². The van der Waals surface area contributed by atoms with Crippen LogP contribution in [0.1, 0.15) is 32.1 Å². The van der Waals surface area contributed by atoms with Crippen LogP contribution in [0, 0.1) is 5.92 Å². The van der Waals surface area contributed by atoms with Crippen molar-refractivity contribution in [3.63, 3.8) is 0 Å². The first-order valence-electron chi connectivity index (χ1n) is 6.10. The lowest BCUT2D eigenvalue weighted by Gasteiger charge is -2.25. The van der Waals surface area contributed by atoms with Gasteiger partial charge in [0.15, 0.2) is 5.50 Å². The van der Waals surface area contributed by atoms with Crippen LogP contribution in [0.3, 0.4) is 0 Å². The molecule has 1 unspecified atom stereocenters. The monoisotopic (exact) mass is 243 g/mol. The molecule has 4 nitrogen and oxygen atoms in total. The van der Waals surface area contributed by atoms with Gasteiger partial charge in [-0.05, 0) is 37.8 Å². The Morgan fingerprint density at radius 1 is 1.38 bits per heavy atom. The van der Waals surface area contributed by atoms with Gasteiger partial charge in [-0.25, -0.2) is 4.79 Å². The number of rotatable bonds is 3. The minimum atomic E-state index is 0.107. The number of nitrogens with one attached hydrogen (secondary N) is 1. The van der Waals surface area contributed by atoms with Crippen molar-refractivity contribution in [2.75, 3.05) is 20.6 Å². The molecule has 16 heavy (non-hydrogen) atoms. The van der Waals surface area contributed by atoms with Gasteiger partial charge in [0.1, 0.15) is 0 Å². The molecule has 1 saturated carbocycles. The van der Waals surface area contributed by atoms with Gasteiger partial charge in [-0.3, -0.25) is 9.62 Å². The van der Waals surface area contributed by atoms with E-state index >= 15 is 0 Å². The third kappa shape index (κ3) is 2.46. The molecule has 2 amide bonds. The van der Waals surface area contributed by atoms with Crippen LogP contribution < -0.4 is 5.32 Å². The van der Waals surface area contributed by atoms with E-state index in [4.69, 9.17) is 0 Å².